The molecule has 1 aromatic carbocycles. The summed E-state index contributed by atoms with van der Waals surface area (Å²) in [6.07, 6.45) is 1.51. The van der Waals surface area contributed by atoms with Gasteiger partial charge in [-0.25, -0.2) is 4.79 Å². The molecule has 0 spiro atoms. The lowest BCUT2D eigenvalue weighted by molar-refractivity contribution is -0.384. The highest BCUT2D eigenvalue weighted by molar-refractivity contribution is 6.03. The minimum Gasteiger partial charge on any atom is -0.308 e. The fourth-order valence-electron chi connectivity index (χ4n) is 2.32. The lowest BCUT2D eigenvalue weighted by Crippen LogP contribution is -2.29. The fourth-order valence-corrected chi connectivity index (χ4v) is 2.32. The summed E-state index contributed by atoms with van der Waals surface area (Å²) < 4.78 is 1.34. The molecule has 0 aliphatic heterocycles. The van der Waals surface area contributed by atoms with E-state index >= 15 is 0 Å². The van der Waals surface area contributed by atoms with Crippen molar-refractivity contribution in [2.45, 2.75) is 6.54 Å². The summed E-state index contributed by atoms with van der Waals surface area (Å²) in [7, 11) is 6.00. The van der Waals surface area contributed by atoms with E-state index in [0.717, 1.165) is 13.1 Å². The molecule has 0 aliphatic carbocycles. The van der Waals surface area contributed by atoms with Gasteiger partial charge in [0.2, 0.25) is 0 Å². The lowest BCUT2D eigenvalue weighted by atomic mass is 10.2. The number of nitro groups is 1. The first-order valence-electron chi connectivity index (χ1n) is 9.18. The van der Waals surface area contributed by atoms with Crippen molar-refractivity contribution in [2.24, 2.45) is 0 Å². The van der Waals surface area contributed by atoms with Crippen LogP contribution in [0.25, 0.3) is 0 Å². The highest BCUT2D eigenvalue weighted by Gasteiger charge is 2.10. The molecule has 0 saturated heterocycles. The quantitative estimate of drug-likeness (QED) is 0.389. The molecule has 0 atom stereocenters. The molecule has 0 radical (unpaired) electrons. The van der Waals surface area contributed by atoms with E-state index in [0.29, 0.717) is 6.54 Å². The minimum atomic E-state index is -0.548. The Balaban J connectivity index is 1.92. The van der Waals surface area contributed by atoms with Gasteiger partial charge in [0.05, 0.1) is 18.0 Å². The zero-order valence-corrected chi connectivity index (χ0v) is 17.2. The van der Waals surface area contributed by atoms with Crippen LogP contribution in [-0.2, 0) is 6.54 Å². The van der Waals surface area contributed by atoms with Gasteiger partial charge in [0, 0.05) is 37.0 Å². The van der Waals surface area contributed by atoms with E-state index in [1.54, 1.807) is 0 Å². The molecule has 1 amide bonds. The van der Waals surface area contributed by atoms with Crippen LogP contribution >= 0.6 is 0 Å². The molecule has 10 heteroatoms. The second kappa shape index (κ2) is 10.8. The maximum atomic E-state index is 12.2. The molecular formula is C20H24N6O4. The number of amides is 1. The summed E-state index contributed by atoms with van der Waals surface area (Å²) in [6.45, 7) is 2.63. The number of aromatic nitrogens is 2. The number of likely N-dealkylation sites (N-methyl/N-ethyl adjacent to an activating group) is 2. The second-order valence-corrected chi connectivity index (χ2v) is 6.88. The number of carbonyl (C=O) groups is 1. The Morgan fingerprint density at radius 2 is 1.87 bits per heavy atom. The molecule has 30 heavy (non-hydrogen) atoms. The number of hydrogen-bond acceptors (Lipinski definition) is 7. The van der Waals surface area contributed by atoms with E-state index in [1.807, 2.05) is 21.1 Å². The topological polar surface area (TPSA) is 114 Å². The van der Waals surface area contributed by atoms with Gasteiger partial charge in [-0.15, -0.1) is 0 Å². The van der Waals surface area contributed by atoms with Crippen LogP contribution < -0.4 is 11.0 Å². The zero-order chi connectivity index (χ0) is 22.1. The Morgan fingerprint density at radius 3 is 2.47 bits per heavy atom. The number of non-ortho nitro benzene ring substituents is 1. The molecule has 0 bridgehead atoms. The summed E-state index contributed by atoms with van der Waals surface area (Å²) in [6, 6.07) is 6.63. The van der Waals surface area contributed by atoms with Crippen LogP contribution in [0.3, 0.4) is 0 Å². The summed E-state index contributed by atoms with van der Waals surface area (Å²) in [5.74, 6) is 5.53. The van der Waals surface area contributed by atoms with Gasteiger partial charge in [-0.2, -0.15) is 4.98 Å². The van der Waals surface area contributed by atoms with Gasteiger partial charge in [0.25, 0.3) is 11.6 Å². The fraction of sp³-hybridized carbons (Fsp3) is 0.350. The average Bonchev–Trinajstić information content (AvgIpc) is 2.71. The van der Waals surface area contributed by atoms with Gasteiger partial charge in [-0.05, 0) is 39.3 Å². The number of nitro benzene ring substituents is 1. The molecule has 158 valence electrons. The predicted octanol–water partition coefficient (Wildman–Crippen LogP) is 0.901. The summed E-state index contributed by atoms with van der Waals surface area (Å²) in [5.41, 5.74) is -0.431. The van der Waals surface area contributed by atoms with Crippen molar-refractivity contribution in [3.05, 3.63) is 62.7 Å². The number of anilines is 1. The SMILES string of the molecule is CN(C)CCN(C)CC#CCn1ccc(NC(=O)c2ccc([N+](=O)[O-])cc2)nc1=O. The molecule has 2 rings (SSSR count). The van der Waals surface area contributed by atoms with E-state index in [4.69, 9.17) is 0 Å². The Bertz CT molecular complexity index is 1000. The van der Waals surface area contributed by atoms with Gasteiger partial charge < -0.3 is 10.2 Å². The smallest absolute Gasteiger partial charge is 0.308 e. The van der Waals surface area contributed by atoms with Gasteiger partial charge >= 0.3 is 5.69 Å². The molecule has 10 nitrogen and oxygen atoms in total. The first kappa shape index (κ1) is 22.7. The second-order valence-electron chi connectivity index (χ2n) is 6.88. The van der Waals surface area contributed by atoms with Crippen LogP contribution in [0.1, 0.15) is 10.4 Å². The van der Waals surface area contributed by atoms with Crippen molar-refractivity contribution in [2.75, 3.05) is 46.1 Å². The number of rotatable bonds is 8. The molecule has 1 N–H and O–H groups in total. The standard InChI is InChI=1S/C20H24N6O4/c1-23(2)14-15-24(3)11-4-5-12-25-13-10-18(22-20(25)28)21-19(27)16-6-8-17(9-7-16)26(29)30/h6-10,13H,11-12,14-15H2,1-3H3,(H,21,22,27,28). The van der Waals surface area contributed by atoms with E-state index < -0.39 is 16.5 Å². The van der Waals surface area contributed by atoms with Crippen molar-refractivity contribution in [3.63, 3.8) is 0 Å². The van der Waals surface area contributed by atoms with E-state index in [-0.39, 0.29) is 23.6 Å². The highest BCUT2D eigenvalue weighted by atomic mass is 16.6. The van der Waals surface area contributed by atoms with E-state index in [2.05, 4.69) is 31.9 Å². The van der Waals surface area contributed by atoms with Crippen molar-refractivity contribution in [1.29, 1.82) is 0 Å². The van der Waals surface area contributed by atoms with Gasteiger partial charge in [0.1, 0.15) is 5.82 Å². The molecule has 2 aromatic rings. The van der Waals surface area contributed by atoms with Crippen LogP contribution in [0, 0.1) is 22.0 Å². The predicted molar refractivity (Wildman–Crippen MR) is 113 cm³/mol. The first-order chi connectivity index (χ1) is 14.3. The van der Waals surface area contributed by atoms with Crippen molar-refractivity contribution >= 4 is 17.4 Å². The summed E-state index contributed by atoms with van der Waals surface area (Å²) in [5, 5.41) is 13.2. The Kier molecular flexibility index (Phi) is 8.22. The number of hydrogen-bond donors (Lipinski definition) is 1. The van der Waals surface area contributed by atoms with Gasteiger partial charge in [-0.1, -0.05) is 11.8 Å². The molecule has 1 aromatic heterocycles. The normalized spacial score (nSPS) is 10.6. The van der Waals surface area contributed by atoms with Gasteiger partial charge in [-0.3, -0.25) is 24.4 Å². The third-order valence-electron chi connectivity index (χ3n) is 4.11. The van der Waals surface area contributed by atoms with Crippen molar-refractivity contribution in [3.8, 4) is 11.8 Å². The largest absolute Gasteiger partial charge is 0.350 e. The third-order valence-corrected chi connectivity index (χ3v) is 4.11. The molecule has 1 heterocycles. The summed E-state index contributed by atoms with van der Waals surface area (Å²) >= 11 is 0. The van der Waals surface area contributed by atoms with Crippen molar-refractivity contribution in [1.82, 2.24) is 19.4 Å². The first-order valence-corrected chi connectivity index (χ1v) is 9.18. The van der Waals surface area contributed by atoms with Gasteiger partial charge in [0.15, 0.2) is 0 Å². The van der Waals surface area contributed by atoms with Crippen LogP contribution in [-0.4, -0.2) is 71.0 Å². The lowest BCUT2D eigenvalue weighted by Gasteiger charge is -2.16. The molecule has 0 fully saturated rings. The number of carbonyl (C=O) groups excluding carboxylic acids is 1. The Hall–Kier alpha value is -3.55. The third kappa shape index (κ3) is 7.12. The summed E-state index contributed by atoms with van der Waals surface area (Å²) in [4.78, 5) is 42.5. The molecule has 0 aliphatic rings. The number of nitrogens with one attached hydrogen (secondary N) is 1. The maximum Gasteiger partial charge on any atom is 0.350 e. The maximum absolute atomic E-state index is 12.2. The van der Waals surface area contributed by atoms with Crippen LogP contribution in [0.15, 0.2) is 41.3 Å². The van der Waals surface area contributed by atoms with Crippen molar-refractivity contribution < 1.29 is 9.72 Å². The number of benzene rings is 1. The molecular weight excluding hydrogens is 388 g/mol. The van der Waals surface area contributed by atoms with E-state index in [9.17, 15) is 19.7 Å². The monoisotopic (exact) mass is 412 g/mol. The Labute approximate surface area is 174 Å². The Morgan fingerprint density at radius 1 is 1.17 bits per heavy atom. The molecule has 0 saturated carbocycles. The van der Waals surface area contributed by atoms with Crippen LogP contribution in [0.2, 0.25) is 0 Å². The van der Waals surface area contributed by atoms with E-state index in [1.165, 1.54) is 41.1 Å². The average molecular weight is 412 g/mol. The molecule has 0 unspecified atom stereocenters. The minimum absolute atomic E-state index is 0.0935. The van der Waals surface area contributed by atoms with Crippen LogP contribution in [0.4, 0.5) is 11.5 Å². The zero-order valence-electron chi connectivity index (χ0n) is 17.2. The number of nitrogens with zero attached hydrogens (tertiary/aromatic N) is 5. The highest BCUT2D eigenvalue weighted by Crippen LogP contribution is 2.13. The van der Waals surface area contributed by atoms with Crippen LogP contribution in [0.5, 0.6) is 0 Å².